The fourth-order valence-corrected chi connectivity index (χ4v) is 2.50. The van der Waals surface area contributed by atoms with Gasteiger partial charge in [-0.1, -0.05) is 12.8 Å². The van der Waals surface area contributed by atoms with E-state index in [1.165, 1.54) is 7.11 Å². The molecule has 112 valence electrons. The van der Waals surface area contributed by atoms with Gasteiger partial charge in [0, 0.05) is 20.2 Å². The van der Waals surface area contributed by atoms with Crippen LogP contribution in [0.5, 0.6) is 0 Å². The van der Waals surface area contributed by atoms with Crippen molar-refractivity contribution < 1.29 is 19.1 Å². The van der Waals surface area contributed by atoms with Gasteiger partial charge in [-0.3, -0.25) is 9.59 Å². The third-order valence-corrected chi connectivity index (χ3v) is 3.75. The van der Waals surface area contributed by atoms with Gasteiger partial charge in [-0.2, -0.15) is 5.26 Å². The molecule has 1 amide bonds. The lowest BCUT2D eigenvalue weighted by atomic mass is 9.86. The fourth-order valence-electron chi connectivity index (χ4n) is 2.50. The van der Waals surface area contributed by atoms with E-state index in [1.54, 1.807) is 12.0 Å². The van der Waals surface area contributed by atoms with Crippen LogP contribution in [0.15, 0.2) is 0 Å². The topological polar surface area (TPSA) is 79.6 Å². The number of hydrogen-bond donors (Lipinski definition) is 0. The summed E-state index contributed by atoms with van der Waals surface area (Å²) in [5.74, 6) is -0.545. The summed E-state index contributed by atoms with van der Waals surface area (Å²) in [4.78, 5) is 25.4. The van der Waals surface area contributed by atoms with Crippen molar-refractivity contribution in [1.29, 1.82) is 5.26 Å². The largest absolute Gasteiger partial charge is 0.469 e. The summed E-state index contributed by atoms with van der Waals surface area (Å²) in [5, 5.41) is 9.36. The quantitative estimate of drug-likeness (QED) is 0.653. The monoisotopic (exact) mass is 282 g/mol. The molecule has 0 radical (unpaired) electrons. The molecule has 0 spiro atoms. The van der Waals surface area contributed by atoms with Crippen LogP contribution in [0.2, 0.25) is 0 Å². The zero-order chi connectivity index (χ0) is 15.0. The van der Waals surface area contributed by atoms with Crippen LogP contribution in [0.4, 0.5) is 0 Å². The highest BCUT2D eigenvalue weighted by molar-refractivity contribution is 5.86. The molecular weight excluding hydrogens is 260 g/mol. The number of amides is 1. The number of nitrogens with zero attached hydrogens (tertiary/aromatic N) is 2. The lowest BCUT2D eigenvalue weighted by Crippen LogP contribution is -2.44. The molecule has 0 saturated heterocycles. The fraction of sp³-hybridized carbons (Fsp3) is 0.786. The molecule has 1 rings (SSSR count). The Balaban J connectivity index is 2.73. The summed E-state index contributed by atoms with van der Waals surface area (Å²) in [6.45, 7) is 1.03. The van der Waals surface area contributed by atoms with Crippen molar-refractivity contribution in [3.63, 3.8) is 0 Å². The van der Waals surface area contributed by atoms with Crippen molar-refractivity contribution in [2.75, 3.05) is 33.9 Å². The van der Waals surface area contributed by atoms with Gasteiger partial charge in [0.2, 0.25) is 5.91 Å². The Morgan fingerprint density at radius 2 is 1.90 bits per heavy atom. The van der Waals surface area contributed by atoms with E-state index >= 15 is 0 Å². The number of ether oxygens (including phenoxy) is 2. The summed E-state index contributed by atoms with van der Waals surface area (Å²) in [7, 11) is 2.87. The van der Waals surface area contributed by atoms with Gasteiger partial charge < -0.3 is 14.4 Å². The number of methoxy groups -OCH3 is 2. The van der Waals surface area contributed by atoms with Gasteiger partial charge in [0.25, 0.3) is 0 Å². The zero-order valence-electron chi connectivity index (χ0n) is 12.2. The van der Waals surface area contributed by atoms with Gasteiger partial charge in [-0.05, 0) is 12.8 Å². The summed E-state index contributed by atoms with van der Waals surface area (Å²) >= 11 is 0. The van der Waals surface area contributed by atoms with Crippen LogP contribution in [0.3, 0.4) is 0 Å². The van der Waals surface area contributed by atoms with Crippen LogP contribution in [0.1, 0.15) is 32.1 Å². The lowest BCUT2D eigenvalue weighted by Gasteiger charge is -2.29. The first-order valence-electron chi connectivity index (χ1n) is 6.86. The predicted octanol–water partition coefficient (Wildman–Crippen LogP) is 1.11. The Bertz CT molecular complexity index is 383. The van der Waals surface area contributed by atoms with E-state index in [0.29, 0.717) is 26.0 Å². The zero-order valence-corrected chi connectivity index (χ0v) is 12.2. The van der Waals surface area contributed by atoms with Crippen LogP contribution in [0, 0.1) is 16.7 Å². The number of nitriles is 1. The van der Waals surface area contributed by atoms with E-state index in [4.69, 9.17) is 4.74 Å². The second-order valence-electron chi connectivity index (χ2n) is 5.01. The maximum atomic E-state index is 12.6. The first-order valence-corrected chi connectivity index (χ1v) is 6.86. The molecule has 0 aromatic rings. The SMILES string of the molecule is COCCN(CCC(=O)OC)C(=O)C1(C#N)CCCC1. The molecule has 0 heterocycles. The van der Waals surface area contributed by atoms with E-state index in [1.807, 2.05) is 0 Å². The molecule has 0 atom stereocenters. The number of hydrogen-bond acceptors (Lipinski definition) is 5. The molecule has 0 bridgehead atoms. The highest BCUT2D eigenvalue weighted by Crippen LogP contribution is 2.39. The summed E-state index contributed by atoms with van der Waals surface area (Å²) in [6.07, 6.45) is 3.13. The van der Waals surface area contributed by atoms with Gasteiger partial charge in [0.05, 0.1) is 26.2 Å². The molecule has 0 aromatic carbocycles. The van der Waals surface area contributed by atoms with Crippen LogP contribution < -0.4 is 0 Å². The van der Waals surface area contributed by atoms with E-state index in [2.05, 4.69) is 10.8 Å². The molecule has 0 aliphatic heterocycles. The molecule has 20 heavy (non-hydrogen) atoms. The third kappa shape index (κ3) is 3.94. The van der Waals surface area contributed by atoms with Gasteiger partial charge >= 0.3 is 5.97 Å². The third-order valence-electron chi connectivity index (χ3n) is 3.75. The van der Waals surface area contributed by atoms with Crippen LogP contribution >= 0.6 is 0 Å². The average molecular weight is 282 g/mol. The van der Waals surface area contributed by atoms with Crippen molar-refractivity contribution in [2.24, 2.45) is 5.41 Å². The van der Waals surface area contributed by atoms with E-state index in [0.717, 1.165) is 12.8 Å². The number of carbonyl (C=O) groups is 2. The molecule has 1 saturated carbocycles. The maximum Gasteiger partial charge on any atom is 0.307 e. The molecular formula is C14H22N2O4. The Morgan fingerprint density at radius 1 is 1.25 bits per heavy atom. The second-order valence-corrected chi connectivity index (χ2v) is 5.01. The molecule has 1 aliphatic rings. The molecule has 0 aromatic heterocycles. The number of esters is 1. The van der Waals surface area contributed by atoms with Crippen molar-refractivity contribution in [3.05, 3.63) is 0 Å². The van der Waals surface area contributed by atoms with E-state index in [9.17, 15) is 14.9 Å². The molecule has 1 aliphatic carbocycles. The summed E-state index contributed by atoms with van der Waals surface area (Å²) in [6, 6.07) is 2.19. The average Bonchev–Trinajstić information content (AvgIpc) is 2.96. The van der Waals surface area contributed by atoms with Gasteiger partial charge in [-0.25, -0.2) is 0 Å². The van der Waals surface area contributed by atoms with Gasteiger partial charge in [-0.15, -0.1) is 0 Å². The molecule has 6 heteroatoms. The highest BCUT2D eigenvalue weighted by atomic mass is 16.5. The Labute approximate surface area is 119 Å². The Morgan fingerprint density at radius 3 is 2.40 bits per heavy atom. The summed E-state index contributed by atoms with van der Waals surface area (Å²) < 4.78 is 9.58. The second kappa shape index (κ2) is 7.85. The minimum atomic E-state index is -0.913. The van der Waals surface area contributed by atoms with Crippen LogP contribution in [-0.2, 0) is 19.1 Å². The van der Waals surface area contributed by atoms with Crippen molar-refractivity contribution in [1.82, 2.24) is 4.90 Å². The maximum absolute atomic E-state index is 12.6. The smallest absolute Gasteiger partial charge is 0.307 e. The van der Waals surface area contributed by atoms with Gasteiger partial charge in [0.15, 0.2) is 0 Å². The Hall–Kier alpha value is -1.61. The highest BCUT2D eigenvalue weighted by Gasteiger charge is 2.43. The van der Waals surface area contributed by atoms with E-state index < -0.39 is 5.41 Å². The molecule has 0 N–H and O–H groups in total. The molecule has 0 unspecified atom stereocenters. The normalized spacial score (nSPS) is 16.4. The van der Waals surface area contributed by atoms with Gasteiger partial charge in [0.1, 0.15) is 5.41 Å². The van der Waals surface area contributed by atoms with Crippen molar-refractivity contribution in [2.45, 2.75) is 32.1 Å². The Kier molecular flexibility index (Phi) is 6.46. The minimum Gasteiger partial charge on any atom is -0.469 e. The lowest BCUT2D eigenvalue weighted by molar-refractivity contribution is -0.143. The number of carbonyl (C=O) groups excluding carboxylic acids is 2. The molecule has 1 fully saturated rings. The van der Waals surface area contributed by atoms with Crippen LogP contribution in [0.25, 0.3) is 0 Å². The minimum absolute atomic E-state index is 0.132. The summed E-state index contributed by atoms with van der Waals surface area (Å²) in [5.41, 5.74) is -0.913. The standard InChI is InChI=1S/C14H22N2O4/c1-19-10-9-16(8-5-12(17)20-2)13(18)14(11-15)6-3-4-7-14/h3-10H2,1-2H3. The van der Waals surface area contributed by atoms with Crippen molar-refractivity contribution in [3.8, 4) is 6.07 Å². The predicted molar refractivity (Wildman–Crippen MR) is 71.6 cm³/mol. The molecule has 6 nitrogen and oxygen atoms in total. The first kappa shape index (κ1) is 16.4. The van der Waals surface area contributed by atoms with E-state index in [-0.39, 0.29) is 24.8 Å². The number of rotatable bonds is 7. The first-order chi connectivity index (χ1) is 9.59. The van der Waals surface area contributed by atoms with Crippen molar-refractivity contribution >= 4 is 11.9 Å². The van der Waals surface area contributed by atoms with Crippen LogP contribution in [-0.4, -0.2) is 50.7 Å².